The van der Waals surface area contributed by atoms with Crippen LogP contribution in [0.3, 0.4) is 0 Å². The van der Waals surface area contributed by atoms with Crippen LogP contribution in [0, 0.1) is 0 Å². The van der Waals surface area contributed by atoms with Crippen LogP contribution in [0.15, 0.2) is 0 Å². The van der Waals surface area contributed by atoms with Crippen LogP contribution >= 0.6 is 0 Å². The molecule has 66 valence electrons. The van der Waals surface area contributed by atoms with Crippen LogP contribution < -0.4 is 0 Å². The topological polar surface area (TPSA) is 54.4 Å². The van der Waals surface area contributed by atoms with E-state index in [4.69, 9.17) is 14.7 Å². The van der Waals surface area contributed by atoms with E-state index in [-0.39, 0.29) is 0 Å². The average Bonchev–Trinajstić information content (AvgIpc) is 1.59. The fourth-order valence-electron chi connectivity index (χ4n) is 0. The van der Waals surface area contributed by atoms with Gasteiger partial charge in [-0.3, -0.25) is 4.79 Å². The van der Waals surface area contributed by atoms with Crippen molar-refractivity contribution >= 4 is 12.0 Å². The Morgan fingerprint density at radius 3 is 1.36 bits per heavy atom. The summed E-state index contributed by atoms with van der Waals surface area (Å²) in [5, 5.41) is 7.12. The first-order valence-electron chi connectivity index (χ1n) is 2.14. The highest BCUT2D eigenvalue weighted by atomic mass is 19.4. The fraction of sp³-hybridized carbons (Fsp3) is 0.500. The lowest BCUT2D eigenvalue weighted by Gasteiger charge is -1.93. The molecular weight excluding hydrogens is 172 g/mol. The maximum Gasteiger partial charge on any atom is 0.490 e. The van der Waals surface area contributed by atoms with Crippen molar-refractivity contribution in [2.24, 2.45) is 0 Å². The predicted octanol–water partition coefficient (Wildman–Crippen LogP) is 1.14. The van der Waals surface area contributed by atoms with Crippen molar-refractivity contribution < 1.29 is 32.3 Å². The molecule has 0 bridgehead atoms. The standard InChI is InChI=1S/C2HF3O2.C2H3FO/c3-2(4,5)1(6)7;1-2(3)4/h(H,6,7);1H3. The molecule has 0 aromatic carbocycles. The maximum absolute atomic E-state index is 10.6. The highest BCUT2D eigenvalue weighted by Gasteiger charge is 2.38. The van der Waals surface area contributed by atoms with Crippen LogP contribution in [-0.2, 0) is 9.59 Å². The number of carboxylic acids is 1. The zero-order valence-electron chi connectivity index (χ0n) is 5.28. The van der Waals surface area contributed by atoms with Crippen molar-refractivity contribution in [1.29, 1.82) is 0 Å². The van der Waals surface area contributed by atoms with Gasteiger partial charge in [0, 0.05) is 6.92 Å². The number of carbonyl (C=O) groups excluding carboxylic acids is 1. The van der Waals surface area contributed by atoms with Gasteiger partial charge in [-0.25, -0.2) is 4.79 Å². The van der Waals surface area contributed by atoms with Gasteiger partial charge in [0.2, 0.25) is 0 Å². The molecule has 0 atom stereocenters. The fourth-order valence-corrected chi connectivity index (χ4v) is 0. The largest absolute Gasteiger partial charge is 0.490 e. The lowest BCUT2D eigenvalue weighted by atomic mass is 10.7. The first kappa shape index (κ1) is 12.5. The summed E-state index contributed by atoms with van der Waals surface area (Å²) in [5.74, 6) is -2.76. The Labute approximate surface area is 58.6 Å². The zero-order chi connectivity index (χ0) is 9.65. The van der Waals surface area contributed by atoms with E-state index in [9.17, 15) is 17.6 Å². The third-order valence-electron chi connectivity index (χ3n) is 0.243. The molecule has 0 unspecified atom stereocenters. The Hall–Kier alpha value is -1.14. The minimum absolute atomic E-state index is 0.861. The van der Waals surface area contributed by atoms with Crippen LogP contribution in [0.25, 0.3) is 0 Å². The molecule has 0 spiro atoms. The Morgan fingerprint density at radius 1 is 1.27 bits per heavy atom. The van der Waals surface area contributed by atoms with Gasteiger partial charge in [0.15, 0.2) is 0 Å². The van der Waals surface area contributed by atoms with Crippen molar-refractivity contribution in [1.82, 2.24) is 0 Å². The lowest BCUT2D eigenvalue weighted by Crippen LogP contribution is -2.21. The molecule has 7 heteroatoms. The molecule has 0 aromatic heterocycles. The molecule has 0 aliphatic rings. The monoisotopic (exact) mass is 176 g/mol. The molecule has 11 heavy (non-hydrogen) atoms. The summed E-state index contributed by atoms with van der Waals surface area (Å²) >= 11 is 0. The SMILES string of the molecule is CC(=O)F.O=C(O)C(F)(F)F. The Balaban J connectivity index is 0. The van der Waals surface area contributed by atoms with Crippen LogP contribution in [-0.4, -0.2) is 23.3 Å². The Kier molecular flexibility index (Phi) is 5.29. The summed E-state index contributed by atoms with van der Waals surface area (Å²) in [6.45, 7) is 0.861. The van der Waals surface area contributed by atoms with Gasteiger partial charge in [-0.2, -0.15) is 17.6 Å². The number of aliphatic carboxylic acids is 1. The van der Waals surface area contributed by atoms with Gasteiger partial charge in [0.05, 0.1) is 0 Å². The van der Waals surface area contributed by atoms with Crippen LogP contribution in [0.2, 0.25) is 0 Å². The van der Waals surface area contributed by atoms with E-state index >= 15 is 0 Å². The van der Waals surface area contributed by atoms with Crippen LogP contribution in [0.1, 0.15) is 6.92 Å². The summed E-state index contributed by atoms with van der Waals surface area (Å²) in [4.78, 5) is 17.7. The third kappa shape index (κ3) is 17.7. The summed E-state index contributed by atoms with van der Waals surface area (Å²) in [7, 11) is 0. The smallest absolute Gasteiger partial charge is 0.475 e. The molecule has 0 amide bonds. The molecule has 0 saturated carbocycles. The maximum atomic E-state index is 10.6. The van der Waals surface area contributed by atoms with Crippen LogP contribution in [0.4, 0.5) is 17.6 Å². The molecule has 1 N–H and O–H groups in total. The molecule has 0 fully saturated rings. The van der Waals surface area contributed by atoms with Crippen LogP contribution in [0.5, 0.6) is 0 Å². The minimum atomic E-state index is -5.08. The van der Waals surface area contributed by atoms with Gasteiger partial charge < -0.3 is 5.11 Å². The van der Waals surface area contributed by atoms with E-state index < -0.39 is 18.2 Å². The number of rotatable bonds is 0. The number of hydrogen-bond acceptors (Lipinski definition) is 2. The highest BCUT2D eigenvalue weighted by Crippen LogP contribution is 2.13. The minimum Gasteiger partial charge on any atom is -0.475 e. The van der Waals surface area contributed by atoms with E-state index in [0.717, 1.165) is 6.92 Å². The number of carbonyl (C=O) groups is 2. The van der Waals surface area contributed by atoms with Gasteiger partial charge in [-0.05, 0) is 0 Å². The highest BCUT2D eigenvalue weighted by molar-refractivity contribution is 5.73. The Morgan fingerprint density at radius 2 is 1.36 bits per heavy atom. The molecule has 3 nitrogen and oxygen atoms in total. The number of halogens is 4. The molecule has 0 saturated heterocycles. The quantitative estimate of drug-likeness (QED) is 0.444. The van der Waals surface area contributed by atoms with E-state index in [1.165, 1.54) is 0 Å². The summed E-state index contributed by atoms with van der Waals surface area (Å²) < 4.78 is 42.1. The van der Waals surface area contributed by atoms with Gasteiger partial charge in [-0.15, -0.1) is 0 Å². The number of hydrogen-bond donors (Lipinski definition) is 1. The summed E-state index contributed by atoms with van der Waals surface area (Å²) in [5.41, 5.74) is 0. The molecule has 0 radical (unpaired) electrons. The summed E-state index contributed by atoms with van der Waals surface area (Å²) in [6.07, 6.45) is -5.08. The lowest BCUT2D eigenvalue weighted by molar-refractivity contribution is -0.192. The molecule has 0 aliphatic heterocycles. The second kappa shape index (κ2) is 4.64. The van der Waals surface area contributed by atoms with E-state index in [0.29, 0.717) is 0 Å². The zero-order valence-corrected chi connectivity index (χ0v) is 5.28. The van der Waals surface area contributed by atoms with E-state index in [2.05, 4.69) is 0 Å². The van der Waals surface area contributed by atoms with Crippen molar-refractivity contribution in [2.75, 3.05) is 0 Å². The van der Waals surface area contributed by atoms with Gasteiger partial charge in [0.25, 0.3) is 6.04 Å². The first-order chi connectivity index (χ1) is 4.68. The second-order valence-corrected chi connectivity index (χ2v) is 1.27. The number of alkyl halides is 3. The van der Waals surface area contributed by atoms with Crippen molar-refractivity contribution in [2.45, 2.75) is 13.1 Å². The molecule has 0 heterocycles. The van der Waals surface area contributed by atoms with Crippen molar-refractivity contribution in [3.63, 3.8) is 0 Å². The van der Waals surface area contributed by atoms with Gasteiger partial charge >= 0.3 is 12.1 Å². The molecule has 0 rings (SSSR count). The molecule has 0 aliphatic carbocycles. The predicted molar refractivity (Wildman–Crippen MR) is 25.5 cm³/mol. The van der Waals surface area contributed by atoms with Crippen molar-refractivity contribution in [3.05, 3.63) is 0 Å². The average molecular weight is 176 g/mol. The van der Waals surface area contributed by atoms with Crippen molar-refractivity contribution in [3.8, 4) is 0 Å². The second-order valence-electron chi connectivity index (χ2n) is 1.27. The third-order valence-corrected chi connectivity index (χ3v) is 0.243. The van der Waals surface area contributed by atoms with Gasteiger partial charge in [0.1, 0.15) is 0 Å². The van der Waals surface area contributed by atoms with Gasteiger partial charge in [-0.1, -0.05) is 0 Å². The van der Waals surface area contributed by atoms with E-state index in [1.807, 2.05) is 0 Å². The van der Waals surface area contributed by atoms with E-state index in [1.54, 1.807) is 0 Å². The number of carboxylic acid groups (broad SMARTS) is 1. The normalized spacial score (nSPS) is 9.55. The molecular formula is C4H4F4O3. The first-order valence-corrected chi connectivity index (χ1v) is 2.14. The summed E-state index contributed by atoms with van der Waals surface area (Å²) in [6, 6.07) is -1.33. The molecule has 0 aromatic rings. The Bertz CT molecular complexity index is 146.